The van der Waals surface area contributed by atoms with Crippen LogP contribution in [0.15, 0.2) is 10.2 Å². The van der Waals surface area contributed by atoms with Crippen molar-refractivity contribution in [2.75, 3.05) is 13.2 Å². The van der Waals surface area contributed by atoms with Crippen LogP contribution >= 0.6 is 22.6 Å². The average molecular weight is 282 g/mol. The summed E-state index contributed by atoms with van der Waals surface area (Å²) in [4.78, 5) is 0. The van der Waals surface area contributed by atoms with E-state index in [1.54, 1.807) is 0 Å². The molecule has 0 bridgehead atoms. The zero-order valence-corrected chi connectivity index (χ0v) is 9.33. The van der Waals surface area contributed by atoms with Crippen LogP contribution < -0.4 is 0 Å². The van der Waals surface area contributed by atoms with Crippen molar-refractivity contribution in [3.8, 4) is 0 Å². The van der Waals surface area contributed by atoms with Crippen LogP contribution in [-0.2, 0) is 9.47 Å². The Labute approximate surface area is 87.5 Å². The molecule has 0 N–H and O–H groups in total. The fraction of sp³-hybridized carbons (Fsp3) is 0.778. The molecule has 0 aliphatic carbocycles. The molecule has 2 nitrogen and oxygen atoms in total. The summed E-state index contributed by atoms with van der Waals surface area (Å²) in [5.41, 5.74) is 0. The summed E-state index contributed by atoms with van der Waals surface area (Å²) in [6.07, 6.45) is 6.65. The molecule has 1 aliphatic rings. The maximum absolute atomic E-state index is 5.51. The SMILES string of the molecule is I/C=C/CCOC1CCCCO1. The van der Waals surface area contributed by atoms with Crippen molar-refractivity contribution in [3.63, 3.8) is 0 Å². The first-order valence-corrected chi connectivity index (χ1v) is 5.66. The van der Waals surface area contributed by atoms with Gasteiger partial charge in [0.05, 0.1) is 6.61 Å². The first-order chi connectivity index (χ1) is 5.93. The highest BCUT2D eigenvalue weighted by molar-refractivity contribution is 14.1. The van der Waals surface area contributed by atoms with E-state index < -0.39 is 0 Å². The number of hydrogen-bond acceptors (Lipinski definition) is 2. The van der Waals surface area contributed by atoms with E-state index in [9.17, 15) is 0 Å². The van der Waals surface area contributed by atoms with Crippen LogP contribution in [0.5, 0.6) is 0 Å². The normalized spacial score (nSPS) is 24.9. The lowest BCUT2D eigenvalue weighted by Crippen LogP contribution is -2.22. The molecule has 1 fully saturated rings. The monoisotopic (exact) mass is 282 g/mol. The molecule has 0 aromatic rings. The molecule has 0 amide bonds. The van der Waals surface area contributed by atoms with E-state index in [4.69, 9.17) is 9.47 Å². The number of hydrogen-bond donors (Lipinski definition) is 0. The van der Waals surface area contributed by atoms with Crippen LogP contribution in [0.1, 0.15) is 25.7 Å². The minimum atomic E-state index is 0.0707. The fourth-order valence-electron chi connectivity index (χ4n) is 1.17. The Morgan fingerprint density at radius 3 is 3.08 bits per heavy atom. The van der Waals surface area contributed by atoms with Gasteiger partial charge in [-0.1, -0.05) is 28.7 Å². The second-order valence-corrected chi connectivity index (χ2v) is 3.54. The molecule has 1 rings (SSSR count). The van der Waals surface area contributed by atoms with E-state index in [-0.39, 0.29) is 6.29 Å². The van der Waals surface area contributed by atoms with E-state index in [1.807, 2.05) is 4.08 Å². The van der Waals surface area contributed by atoms with Crippen LogP contribution in [0.4, 0.5) is 0 Å². The highest BCUT2D eigenvalue weighted by atomic mass is 127. The molecule has 1 saturated heterocycles. The lowest BCUT2D eigenvalue weighted by Gasteiger charge is -2.22. The van der Waals surface area contributed by atoms with Crippen molar-refractivity contribution < 1.29 is 9.47 Å². The fourth-order valence-corrected chi connectivity index (χ4v) is 1.53. The van der Waals surface area contributed by atoms with E-state index >= 15 is 0 Å². The third kappa shape index (κ3) is 4.42. The summed E-state index contributed by atoms with van der Waals surface area (Å²) >= 11 is 2.21. The van der Waals surface area contributed by atoms with Gasteiger partial charge in [0, 0.05) is 6.61 Å². The van der Waals surface area contributed by atoms with Gasteiger partial charge in [-0.25, -0.2) is 0 Å². The number of ether oxygens (including phenoxy) is 2. The van der Waals surface area contributed by atoms with Crippen LogP contribution in [-0.4, -0.2) is 19.5 Å². The molecular formula is C9H15IO2. The lowest BCUT2D eigenvalue weighted by atomic mass is 10.2. The van der Waals surface area contributed by atoms with Crippen LogP contribution in [0.25, 0.3) is 0 Å². The maximum atomic E-state index is 5.51. The van der Waals surface area contributed by atoms with Gasteiger partial charge < -0.3 is 9.47 Å². The molecule has 0 aromatic carbocycles. The van der Waals surface area contributed by atoms with Gasteiger partial charge in [-0.05, 0) is 29.8 Å². The van der Waals surface area contributed by atoms with Gasteiger partial charge in [-0.3, -0.25) is 0 Å². The maximum Gasteiger partial charge on any atom is 0.157 e. The Hall–Kier alpha value is 0.390. The molecule has 1 aliphatic heterocycles. The van der Waals surface area contributed by atoms with E-state index in [0.717, 1.165) is 26.1 Å². The van der Waals surface area contributed by atoms with Gasteiger partial charge in [0.15, 0.2) is 6.29 Å². The molecular weight excluding hydrogens is 267 g/mol. The second kappa shape index (κ2) is 6.86. The molecule has 0 aromatic heterocycles. The third-order valence-electron chi connectivity index (χ3n) is 1.82. The van der Waals surface area contributed by atoms with Gasteiger partial charge in [-0.2, -0.15) is 0 Å². The van der Waals surface area contributed by atoms with Gasteiger partial charge in [-0.15, -0.1) is 0 Å². The molecule has 0 saturated carbocycles. The summed E-state index contributed by atoms with van der Waals surface area (Å²) in [6, 6.07) is 0. The molecule has 1 unspecified atom stereocenters. The molecule has 12 heavy (non-hydrogen) atoms. The summed E-state index contributed by atoms with van der Waals surface area (Å²) in [6.45, 7) is 1.65. The Morgan fingerprint density at radius 2 is 2.42 bits per heavy atom. The average Bonchev–Trinajstić information content (AvgIpc) is 2.14. The molecule has 0 radical (unpaired) electrons. The lowest BCUT2D eigenvalue weighted by molar-refractivity contribution is -0.161. The molecule has 0 spiro atoms. The Balaban J connectivity index is 1.97. The van der Waals surface area contributed by atoms with Crippen molar-refractivity contribution in [3.05, 3.63) is 10.2 Å². The van der Waals surface area contributed by atoms with E-state index in [2.05, 4.69) is 28.7 Å². The zero-order chi connectivity index (χ0) is 8.65. The predicted molar refractivity (Wildman–Crippen MR) is 57.3 cm³/mol. The van der Waals surface area contributed by atoms with E-state index in [0.29, 0.717) is 0 Å². The van der Waals surface area contributed by atoms with Crippen molar-refractivity contribution in [1.29, 1.82) is 0 Å². The van der Waals surface area contributed by atoms with Crippen molar-refractivity contribution in [2.45, 2.75) is 32.0 Å². The summed E-state index contributed by atoms with van der Waals surface area (Å²) in [7, 11) is 0. The van der Waals surface area contributed by atoms with Crippen molar-refractivity contribution in [2.24, 2.45) is 0 Å². The Bertz CT molecular complexity index is 130. The van der Waals surface area contributed by atoms with Gasteiger partial charge >= 0.3 is 0 Å². The van der Waals surface area contributed by atoms with Crippen molar-refractivity contribution >= 4 is 22.6 Å². The van der Waals surface area contributed by atoms with Gasteiger partial charge in [0.25, 0.3) is 0 Å². The highest BCUT2D eigenvalue weighted by Crippen LogP contribution is 2.13. The smallest absolute Gasteiger partial charge is 0.157 e. The second-order valence-electron chi connectivity index (χ2n) is 2.82. The summed E-state index contributed by atoms with van der Waals surface area (Å²) < 4.78 is 12.9. The first-order valence-electron chi connectivity index (χ1n) is 4.42. The first kappa shape index (κ1) is 10.5. The minimum Gasteiger partial charge on any atom is -0.353 e. The molecule has 3 heteroatoms. The van der Waals surface area contributed by atoms with Crippen LogP contribution in [0.2, 0.25) is 0 Å². The zero-order valence-electron chi connectivity index (χ0n) is 7.17. The summed E-state index contributed by atoms with van der Waals surface area (Å²) in [5, 5.41) is 0. The van der Waals surface area contributed by atoms with Gasteiger partial charge in [0.1, 0.15) is 0 Å². The quantitative estimate of drug-likeness (QED) is 0.583. The molecule has 1 heterocycles. The largest absolute Gasteiger partial charge is 0.353 e. The molecule has 1 atom stereocenters. The predicted octanol–water partition coefficient (Wildman–Crippen LogP) is 2.87. The topological polar surface area (TPSA) is 18.5 Å². The Kier molecular flexibility index (Phi) is 5.98. The van der Waals surface area contributed by atoms with Crippen LogP contribution in [0, 0.1) is 0 Å². The number of rotatable bonds is 4. The van der Waals surface area contributed by atoms with E-state index in [1.165, 1.54) is 12.8 Å². The molecule has 70 valence electrons. The number of halogens is 1. The highest BCUT2D eigenvalue weighted by Gasteiger charge is 2.12. The minimum absolute atomic E-state index is 0.0707. The third-order valence-corrected chi connectivity index (χ3v) is 2.32. The van der Waals surface area contributed by atoms with Gasteiger partial charge in [0.2, 0.25) is 0 Å². The standard InChI is InChI=1S/C9H15IO2/c10-6-2-4-8-12-9-5-1-3-7-11-9/h2,6,9H,1,3-5,7-8H2/b6-2+. The summed E-state index contributed by atoms with van der Waals surface area (Å²) in [5.74, 6) is 0. The van der Waals surface area contributed by atoms with Crippen molar-refractivity contribution in [1.82, 2.24) is 0 Å². The Morgan fingerprint density at radius 1 is 1.50 bits per heavy atom. The van der Waals surface area contributed by atoms with Crippen LogP contribution in [0.3, 0.4) is 0 Å².